The number of sulfonamides is 1. The molecule has 3 aromatic carbocycles. The maximum atomic E-state index is 14.1. The third-order valence-electron chi connectivity index (χ3n) is 7.25. The first-order chi connectivity index (χ1) is 18.7. The number of aryl methyl sites for hydroxylation is 2. The summed E-state index contributed by atoms with van der Waals surface area (Å²) in [6, 6.07) is 18.7. The van der Waals surface area contributed by atoms with Crippen LogP contribution in [0.1, 0.15) is 62.5 Å². The largest absolute Gasteiger partial charge is 0.497 e. The zero-order chi connectivity index (χ0) is 28.2. The van der Waals surface area contributed by atoms with Crippen LogP contribution in [0.3, 0.4) is 0 Å². The van der Waals surface area contributed by atoms with E-state index in [4.69, 9.17) is 9.72 Å². The third-order valence-corrected chi connectivity index (χ3v) is 9.24. The summed E-state index contributed by atoms with van der Waals surface area (Å²) in [6.45, 7) is 8.26. The van der Waals surface area contributed by atoms with E-state index in [1.807, 2.05) is 51.1 Å². The summed E-state index contributed by atoms with van der Waals surface area (Å²) in [7, 11) is -2.37. The maximum Gasteiger partial charge on any atom is 0.266 e. The molecule has 1 atom stereocenters. The molecule has 206 valence electrons. The summed E-state index contributed by atoms with van der Waals surface area (Å²) in [5.74, 6) is 0.964. The minimum absolute atomic E-state index is 0.173. The molecule has 0 aliphatic carbocycles. The van der Waals surface area contributed by atoms with Crippen LogP contribution < -0.4 is 10.3 Å². The summed E-state index contributed by atoms with van der Waals surface area (Å²) < 4.78 is 36.4. The Bertz CT molecular complexity index is 1610. The van der Waals surface area contributed by atoms with Crippen molar-refractivity contribution in [3.8, 4) is 11.4 Å². The van der Waals surface area contributed by atoms with E-state index < -0.39 is 16.1 Å². The summed E-state index contributed by atoms with van der Waals surface area (Å²) in [6.07, 6.45) is 3.67. The number of rotatable bonds is 11. The monoisotopic (exact) mass is 547 g/mol. The Hall–Kier alpha value is -3.49. The van der Waals surface area contributed by atoms with Gasteiger partial charge in [-0.05, 0) is 86.8 Å². The van der Waals surface area contributed by atoms with Crippen LogP contribution in [0.5, 0.6) is 5.75 Å². The van der Waals surface area contributed by atoms with E-state index in [-0.39, 0.29) is 10.5 Å². The molecule has 0 saturated carbocycles. The van der Waals surface area contributed by atoms with Gasteiger partial charge in [0.2, 0.25) is 10.0 Å². The second-order valence-corrected chi connectivity index (χ2v) is 11.8. The van der Waals surface area contributed by atoms with Crippen molar-refractivity contribution < 1.29 is 13.2 Å². The Morgan fingerprint density at radius 3 is 2.33 bits per heavy atom. The molecular formula is C31H37N3O4S. The van der Waals surface area contributed by atoms with Crippen LogP contribution in [0.2, 0.25) is 0 Å². The van der Waals surface area contributed by atoms with Gasteiger partial charge in [0.1, 0.15) is 11.6 Å². The molecule has 0 aliphatic rings. The minimum Gasteiger partial charge on any atom is -0.497 e. The van der Waals surface area contributed by atoms with Crippen LogP contribution in [-0.2, 0) is 10.0 Å². The molecule has 1 unspecified atom stereocenters. The number of aromatic nitrogens is 2. The van der Waals surface area contributed by atoms with Crippen molar-refractivity contribution in [2.75, 3.05) is 13.7 Å². The van der Waals surface area contributed by atoms with Crippen molar-refractivity contribution in [1.29, 1.82) is 0 Å². The number of unbranched alkanes of at least 4 members (excludes halogenated alkanes) is 3. The van der Waals surface area contributed by atoms with Gasteiger partial charge in [-0.2, -0.15) is 4.31 Å². The van der Waals surface area contributed by atoms with Crippen molar-refractivity contribution in [3.63, 3.8) is 0 Å². The van der Waals surface area contributed by atoms with Crippen LogP contribution in [0, 0.1) is 13.8 Å². The number of ether oxygens (including phenoxy) is 1. The zero-order valence-corrected chi connectivity index (χ0v) is 24.2. The van der Waals surface area contributed by atoms with E-state index in [0.29, 0.717) is 41.1 Å². The highest BCUT2D eigenvalue weighted by Gasteiger charge is 2.33. The molecule has 0 fully saturated rings. The van der Waals surface area contributed by atoms with E-state index in [0.717, 1.165) is 30.4 Å². The summed E-state index contributed by atoms with van der Waals surface area (Å²) >= 11 is 0. The van der Waals surface area contributed by atoms with Crippen molar-refractivity contribution in [1.82, 2.24) is 13.9 Å². The van der Waals surface area contributed by atoms with Crippen molar-refractivity contribution >= 4 is 20.9 Å². The predicted molar refractivity (Wildman–Crippen MR) is 156 cm³/mol. The first-order valence-electron chi connectivity index (χ1n) is 13.4. The summed E-state index contributed by atoms with van der Waals surface area (Å²) in [4.78, 5) is 19.0. The number of hydrogen-bond donors (Lipinski definition) is 0. The van der Waals surface area contributed by atoms with Crippen molar-refractivity contribution in [2.45, 2.75) is 64.3 Å². The Labute approximate surface area is 231 Å². The molecule has 39 heavy (non-hydrogen) atoms. The highest BCUT2D eigenvalue weighted by molar-refractivity contribution is 7.89. The second-order valence-electron chi connectivity index (χ2n) is 9.92. The third kappa shape index (κ3) is 5.92. The van der Waals surface area contributed by atoms with Gasteiger partial charge in [0.05, 0.1) is 34.6 Å². The molecular weight excluding hydrogens is 510 g/mol. The molecule has 0 spiro atoms. The lowest BCUT2D eigenvalue weighted by molar-refractivity contribution is 0.319. The minimum atomic E-state index is -3.92. The number of benzene rings is 3. The fourth-order valence-electron chi connectivity index (χ4n) is 4.77. The fourth-order valence-corrected chi connectivity index (χ4v) is 6.40. The number of para-hydroxylation sites is 1. The van der Waals surface area contributed by atoms with Crippen LogP contribution in [0.25, 0.3) is 16.6 Å². The average molecular weight is 548 g/mol. The molecule has 0 bridgehead atoms. The molecule has 7 nitrogen and oxygen atoms in total. The number of nitrogens with zero attached hydrogens (tertiary/aromatic N) is 3. The topological polar surface area (TPSA) is 81.5 Å². The van der Waals surface area contributed by atoms with Crippen LogP contribution in [-0.4, -0.2) is 35.9 Å². The van der Waals surface area contributed by atoms with Gasteiger partial charge in [-0.3, -0.25) is 9.36 Å². The summed E-state index contributed by atoms with van der Waals surface area (Å²) in [5, 5.41) is 0.485. The molecule has 1 heterocycles. The zero-order valence-electron chi connectivity index (χ0n) is 23.3. The second kappa shape index (κ2) is 12.1. The van der Waals surface area contributed by atoms with Gasteiger partial charge >= 0.3 is 0 Å². The normalized spacial score (nSPS) is 12.7. The highest BCUT2D eigenvalue weighted by atomic mass is 32.2. The van der Waals surface area contributed by atoms with E-state index in [9.17, 15) is 13.2 Å². The van der Waals surface area contributed by atoms with E-state index in [1.165, 1.54) is 4.31 Å². The Morgan fingerprint density at radius 1 is 0.949 bits per heavy atom. The molecule has 0 N–H and O–H groups in total. The van der Waals surface area contributed by atoms with E-state index in [2.05, 4.69) is 6.92 Å². The molecule has 0 aliphatic heterocycles. The SMILES string of the molecule is CCCCCCN(C(C)c1nc2ccccc2c(=O)n1-c1ccc(C)c(C)c1)S(=O)(=O)c1ccc(OC)cc1. The van der Waals surface area contributed by atoms with Crippen LogP contribution in [0.15, 0.2) is 76.4 Å². The molecule has 0 saturated heterocycles. The molecule has 4 aromatic rings. The fraction of sp³-hybridized carbons (Fsp3) is 0.355. The maximum absolute atomic E-state index is 14.1. The van der Waals surface area contributed by atoms with Gasteiger partial charge in [-0.1, -0.05) is 44.4 Å². The van der Waals surface area contributed by atoms with Gasteiger partial charge in [-0.15, -0.1) is 0 Å². The van der Waals surface area contributed by atoms with Gasteiger partial charge < -0.3 is 4.74 Å². The van der Waals surface area contributed by atoms with E-state index >= 15 is 0 Å². The smallest absolute Gasteiger partial charge is 0.266 e. The highest BCUT2D eigenvalue weighted by Crippen LogP contribution is 2.30. The average Bonchev–Trinajstić information content (AvgIpc) is 2.94. The first-order valence-corrected chi connectivity index (χ1v) is 14.9. The molecule has 0 amide bonds. The Kier molecular flexibility index (Phi) is 8.87. The molecule has 1 aromatic heterocycles. The van der Waals surface area contributed by atoms with Crippen LogP contribution >= 0.6 is 0 Å². The lowest BCUT2D eigenvalue weighted by atomic mass is 10.1. The van der Waals surface area contributed by atoms with Gasteiger partial charge in [-0.25, -0.2) is 13.4 Å². The molecule has 0 radical (unpaired) electrons. The predicted octanol–water partition coefficient (Wildman–Crippen LogP) is 6.34. The van der Waals surface area contributed by atoms with E-state index in [1.54, 1.807) is 48.1 Å². The molecule has 8 heteroatoms. The lowest BCUT2D eigenvalue weighted by Gasteiger charge is -2.30. The molecule has 4 rings (SSSR count). The number of methoxy groups -OCH3 is 1. The quantitative estimate of drug-likeness (QED) is 0.205. The first kappa shape index (κ1) is 28.5. The number of hydrogen-bond acceptors (Lipinski definition) is 5. The standard InChI is InChI=1S/C31H37N3O4S/c1-6-7-8-11-20-33(39(36,37)27-18-16-26(38-5)17-19-27)24(4)30-32-29-13-10-9-12-28(29)31(35)34(30)25-15-14-22(2)23(3)21-25/h9-10,12-19,21,24H,6-8,11,20H2,1-5H3. The van der Waals surface area contributed by atoms with Gasteiger partial charge in [0, 0.05) is 6.54 Å². The van der Waals surface area contributed by atoms with Gasteiger partial charge in [0.25, 0.3) is 5.56 Å². The van der Waals surface area contributed by atoms with Crippen molar-refractivity contribution in [3.05, 3.63) is 94.0 Å². The van der Waals surface area contributed by atoms with Crippen LogP contribution in [0.4, 0.5) is 0 Å². The van der Waals surface area contributed by atoms with Gasteiger partial charge in [0.15, 0.2) is 0 Å². The lowest BCUT2D eigenvalue weighted by Crippen LogP contribution is -2.38. The number of fused-ring (bicyclic) bond motifs is 1. The summed E-state index contributed by atoms with van der Waals surface area (Å²) in [5.41, 5.74) is 3.12. The Morgan fingerprint density at radius 2 is 1.67 bits per heavy atom. The van der Waals surface area contributed by atoms with Crippen molar-refractivity contribution in [2.24, 2.45) is 0 Å². The Balaban J connectivity index is 1.91.